The Bertz CT molecular complexity index is 1060. The van der Waals surface area contributed by atoms with Gasteiger partial charge in [-0.1, -0.05) is 36.4 Å². The van der Waals surface area contributed by atoms with Crippen molar-refractivity contribution in [1.82, 2.24) is 14.9 Å². The fourth-order valence-electron chi connectivity index (χ4n) is 3.70. The summed E-state index contributed by atoms with van der Waals surface area (Å²) in [5.74, 6) is 2.41. The molecule has 2 aromatic carbocycles. The average molecular weight is 417 g/mol. The molecule has 1 aliphatic rings. The van der Waals surface area contributed by atoms with E-state index >= 15 is 0 Å². The number of benzene rings is 2. The molecule has 160 valence electrons. The summed E-state index contributed by atoms with van der Waals surface area (Å²) < 4.78 is 5.72. The van der Waals surface area contributed by atoms with Crippen LogP contribution in [0.15, 0.2) is 54.6 Å². The molecule has 1 aromatic heterocycles. The van der Waals surface area contributed by atoms with E-state index in [0.29, 0.717) is 13.1 Å². The van der Waals surface area contributed by atoms with Crippen LogP contribution in [0.3, 0.4) is 0 Å². The van der Waals surface area contributed by atoms with Crippen LogP contribution in [0.2, 0.25) is 0 Å². The van der Waals surface area contributed by atoms with Gasteiger partial charge in [0.15, 0.2) is 6.61 Å². The maximum atomic E-state index is 12.6. The second-order valence-electron chi connectivity index (χ2n) is 7.93. The van der Waals surface area contributed by atoms with Crippen LogP contribution < -0.4 is 9.64 Å². The maximum Gasteiger partial charge on any atom is 0.260 e. The number of piperazine rings is 1. The topological polar surface area (TPSA) is 58.6 Å². The fourth-order valence-corrected chi connectivity index (χ4v) is 3.70. The molecule has 0 unspecified atom stereocenters. The van der Waals surface area contributed by atoms with E-state index in [2.05, 4.69) is 33.9 Å². The molecule has 0 bridgehead atoms. The third-order valence-corrected chi connectivity index (χ3v) is 5.69. The lowest BCUT2D eigenvalue weighted by Crippen LogP contribution is -2.50. The molecular formula is C25H28N4O2. The van der Waals surface area contributed by atoms with Crippen molar-refractivity contribution in [2.75, 3.05) is 37.7 Å². The van der Waals surface area contributed by atoms with E-state index < -0.39 is 0 Å². The molecular weight excluding hydrogens is 388 g/mol. The number of aryl methyl sites for hydroxylation is 3. The number of ether oxygens (including phenoxy) is 1. The van der Waals surface area contributed by atoms with Crippen LogP contribution in [-0.2, 0) is 4.79 Å². The molecule has 0 N–H and O–H groups in total. The molecule has 0 atom stereocenters. The van der Waals surface area contributed by atoms with Gasteiger partial charge in [0.05, 0.1) is 5.69 Å². The third-order valence-electron chi connectivity index (χ3n) is 5.69. The molecule has 1 amide bonds. The van der Waals surface area contributed by atoms with Gasteiger partial charge in [0.25, 0.3) is 5.91 Å². The second kappa shape index (κ2) is 9.16. The number of anilines is 1. The summed E-state index contributed by atoms with van der Waals surface area (Å²) in [6, 6.07) is 18.1. The lowest BCUT2D eigenvalue weighted by Gasteiger charge is -2.35. The number of rotatable bonds is 5. The Morgan fingerprint density at radius 2 is 1.65 bits per heavy atom. The van der Waals surface area contributed by atoms with Crippen LogP contribution >= 0.6 is 0 Å². The van der Waals surface area contributed by atoms with E-state index in [1.165, 1.54) is 5.56 Å². The molecule has 6 nitrogen and oxygen atoms in total. The smallest absolute Gasteiger partial charge is 0.260 e. The van der Waals surface area contributed by atoms with Crippen LogP contribution in [0.4, 0.5) is 5.82 Å². The largest absolute Gasteiger partial charge is 0.484 e. The first-order valence-corrected chi connectivity index (χ1v) is 10.6. The Morgan fingerprint density at radius 1 is 0.903 bits per heavy atom. The normalized spacial score (nSPS) is 13.9. The standard InChI is InChI=1S/C25H28N4O2/c1-18-9-10-22(15-19(18)2)31-17-25(30)29-13-11-28(12-14-29)24-16-23(26-20(3)27-24)21-7-5-4-6-8-21/h4-10,15-16H,11-14,17H2,1-3H3. The molecule has 1 fully saturated rings. The maximum absolute atomic E-state index is 12.6. The highest BCUT2D eigenvalue weighted by Crippen LogP contribution is 2.23. The van der Waals surface area contributed by atoms with Gasteiger partial charge in [-0.2, -0.15) is 0 Å². The van der Waals surface area contributed by atoms with Crippen molar-refractivity contribution in [3.05, 3.63) is 71.5 Å². The molecule has 0 radical (unpaired) electrons. The van der Waals surface area contributed by atoms with E-state index in [4.69, 9.17) is 4.74 Å². The number of carbonyl (C=O) groups excluding carboxylic acids is 1. The van der Waals surface area contributed by atoms with Crippen molar-refractivity contribution in [2.45, 2.75) is 20.8 Å². The zero-order chi connectivity index (χ0) is 21.8. The Hall–Kier alpha value is -3.41. The van der Waals surface area contributed by atoms with Gasteiger partial charge in [0.2, 0.25) is 0 Å². The van der Waals surface area contributed by atoms with Gasteiger partial charge in [-0.15, -0.1) is 0 Å². The summed E-state index contributed by atoms with van der Waals surface area (Å²) in [5.41, 5.74) is 4.37. The number of hydrogen-bond acceptors (Lipinski definition) is 5. The van der Waals surface area contributed by atoms with Crippen molar-refractivity contribution in [3.63, 3.8) is 0 Å². The van der Waals surface area contributed by atoms with Crippen molar-refractivity contribution in [3.8, 4) is 17.0 Å². The lowest BCUT2D eigenvalue weighted by atomic mass is 10.1. The van der Waals surface area contributed by atoms with E-state index in [9.17, 15) is 4.79 Å². The van der Waals surface area contributed by atoms with Crippen molar-refractivity contribution in [1.29, 1.82) is 0 Å². The predicted molar refractivity (Wildman–Crippen MR) is 122 cm³/mol. The Morgan fingerprint density at radius 3 is 2.35 bits per heavy atom. The molecule has 31 heavy (non-hydrogen) atoms. The first-order chi connectivity index (χ1) is 15.0. The minimum absolute atomic E-state index is 0.0155. The van der Waals surface area contributed by atoms with Crippen molar-refractivity contribution in [2.24, 2.45) is 0 Å². The monoisotopic (exact) mass is 416 g/mol. The first kappa shape index (κ1) is 20.8. The summed E-state index contributed by atoms with van der Waals surface area (Å²) in [7, 11) is 0. The first-order valence-electron chi connectivity index (χ1n) is 10.6. The van der Waals surface area contributed by atoms with Crippen LogP contribution in [0.5, 0.6) is 5.75 Å². The highest BCUT2D eigenvalue weighted by Gasteiger charge is 2.23. The third kappa shape index (κ3) is 5.02. The Kier molecular flexibility index (Phi) is 6.16. The van der Waals surface area contributed by atoms with E-state index in [1.54, 1.807) is 0 Å². The van der Waals surface area contributed by atoms with E-state index in [1.807, 2.05) is 61.2 Å². The quantitative estimate of drug-likeness (QED) is 0.633. The molecule has 1 saturated heterocycles. The Labute approximate surface area is 183 Å². The zero-order valence-electron chi connectivity index (χ0n) is 18.3. The molecule has 1 aliphatic heterocycles. The minimum Gasteiger partial charge on any atom is -0.484 e. The number of nitrogens with zero attached hydrogens (tertiary/aromatic N) is 4. The SMILES string of the molecule is Cc1nc(-c2ccccc2)cc(N2CCN(C(=O)COc3ccc(C)c(C)c3)CC2)n1. The van der Waals surface area contributed by atoms with E-state index in [0.717, 1.165) is 47.3 Å². The van der Waals surface area contributed by atoms with Gasteiger partial charge < -0.3 is 14.5 Å². The Balaban J connectivity index is 1.35. The molecule has 2 heterocycles. The van der Waals surface area contributed by atoms with Crippen LogP contribution in [0, 0.1) is 20.8 Å². The summed E-state index contributed by atoms with van der Waals surface area (Å²) >= 11 is 0. The van der Waals surface area contributed by atoms with Crippen LogP contribution in [0.1, 0.15) is 17.0 Å². The molecule has 6 heteroatoms. The summed E-state index contributed by atoms with van der Waals surface area (Å²) in [5, 5.41) is 0. The number of aromatic nitrogens is 2. The van der Waals surface area contributed by atoms with E-state index in [-0.39, 0.29) is 12.5 Å². The number of amides is 1. The highest BCUT2D eigenvalue weighted by molar-refractivity contribution is 5.78. The van der Waals surface area contributed by atoms with Gasteiger partial charge in [0.1, 0.15) is 17.4 Å². The van der Waals surface area contributed by atoms with Gasteiger partial charge in [-0.25, -0.2) is 9.97 Å². The van der Waals surface area contributed by atoms with Gasteiger partial charge in [-0.3, -0.25) is 4.79 Å². The predicted octanol–water partition coefficient (Wildman–Crippen LogP) is 3.80. The van der Waals surface area contributed by atoms with Crippen LogP contribution in [0.25, 0.3) is 11.3 Å². The molecule has 0 saturated carbocycles. The van der Waals surface area contributed by atoms with Crippen LogP contribution in [-0.4, -0.2) is 53.6 Å². The summed E-state index contributed by atoms with van der Waals surface area (Å²) in [4.78, 5) is 25.9. The second-order valence-corrected chi connectivity index (χ2v) is 7.93. The van der Waals surface area contributed by atoms with Crippen molar-refractivity contribution >= 4 is 11.7 Å². The number of hydrogen-bond donors (Lipinski definition) is 0. The molecule has 3 aromatic rings. The average Bonchev–Trinajstić information content (AvgIpc) is 2.80. The lowest BCUT2D eigenvalue weighted by molar-refractivity contribution is -0.133. The zero-order valence-corrected chi connectivity index (χ0v) is 18.3. The van der Waals surface area contributed by atoms with Gasteiger partial charge in [0, 0.05) is 37.8 Å². The number of carbonyl (C=O) groups is 1. The van der Waals surface area contributed by atoms with Gasteiger partial charge >= 0.3 is 0 Å². The summed E-state index contributed by atoms with van der Waals surface area (Å²) in [6.45, 7) is 8.86. The van der Waals surface area contributed by atoms with Crippen molar-refractivity contribution < 1.29 is 9.53 Å². The van der Waals surface area contributed by atoms with Gasteiger partial charge in [-0.05, 0) is 44.0 Å². The highest BCUT2D eigenvalue weighted by atomic mass is 16.5. The molecule has 4 rings (SSSR count). The summed E-state index contributed by atoms with van der Waals surface area (Å²) in [6.07, 6.45) is 0. The molecule has 0 aliphatic carbocycles. The molecule has 0 spiro atoms. The fraction of sp³-hybridized carbons (Fsp3) is 0.320. The minimum atomic E-state index is 0.0155.